The molecule has 0 aromatic heterocycles. The number of hydrogen-bond acceptors (Lipinski definition) is 4. The first kappa shape index (κ1) is 15.7. The fourth-order valence-corrected chi connectivity index (χ4v) is 1.31. The maximum Gasteiger partial charge on any atom is 0.401 e. The van der Waals surface area contributed by atoms with Crippen LogP contribution in [0.1, 0.15) is 0 Å². The van der Waals surface area contributed by atoms with Gasteiger partial charge in [0, 0.05) is 6.07 Å². The van der Waals surface area contributed by atoms with Crippen molar-refractivity contribution in [1.82, 2.24) is 0 Å². The van der Waals surface area contributed by atoms with E-state index in [0.29, 0.717) is 0 Å². The first-order valence-electron chi connectivity index (χ1n) is 5.11. The summed E-state index contributed by atoms with van der Waals surface area (Å²) in [7, 11) is 0. The number of nitro benzene ring substituents is 1. The van der Waals surface area contributed by atoms with Gasteiger partial charge in [-0.05, 0) is 6.07 Å². The van der Waals surface area contributed by atoms with Crippen molar-refractivity contribution in [2.45, 2.75) is 6.18 Å². The Bertz CT molecular complexity index is 533. The number of nitrogens with two attached hydrogens (primary N) is 1. The normalized spacial score (nSPS) is 12.8. The molecule has 0 aliphatic heterocycles. The molecule has 0 aliphatic rings. The van der Waals surface area contributed by atoms with E-state index in [1.165, 1.54) is 0 Å². The topological polar surface area (TPSA) is 102 Å². The van der Waals surface area contributed by atoms with Crippen LogP contribution in [0.4, 0.5) is 23.2 Å². The summed E-state index contributed by atoms with van der Waals surface area (Å²) in [5, 5.41) is 17.4. The van der Waals surface area contributed by atoms with Gasteiger partial charge in [-0.2, -0.15) is 13.2 Å². The lowest BCUT2D eigenvalue weighted by Crippen LogP contribution is -2.39. The van der Waals surface area contributed by atoms with Gasteiger partial charge in [-0.1, -0.05) is 6.07 Å². The third-order valence-corrected chi connectivity index (χ3v) is 2.31. The molecule has 1 aromatic carbocycles. The van der Waals surface area contributed by atoms with Gasteiger partial charge in [0.1, 0.15) is 18.4 Å². The van der Waals surface area contributed by atoms with Crippen molar-refractivity contribution >= 4 is 11.5 Å². The van der Waals surface area contributed by atoms with Crippen LogP contribution in [-0.2, 0) is 0 Å². The highest BCUT2D eigenvalue weighted by Crippen LogP contribution is 2.32. The number of alkyl halides is 3. The van der Waals surface area contributed by atoms with Gasteiger partial charge in [0.05, 0.1) is 4.92 Å². The molecule has 1 atom stereocenters. The molecule has 110 valence electrons. The smallest absolute Gasteiger partial charge is 0.401 e. The van der Waals surface area contributed by atoms with Crippen molar-refractivity contribution in [2.24, 2.45) is 11.7 Å². The zero-order valence-corrected chi connectivity index (χ0v) is 9.78. The van der Waals surface area contributed by atoms with Crippen LogP contribution < -0.4 is 10.5 Å². The minimum absolute atomic E-state index is 0.804. The number of nitrogens with one attached hydrogen (secondary N) is 1. The zero-order valence-electron chi connectivity index (χ0n) is 9.78. The van der Waals surface area contributed by atoms with Gasteiger partial charge < -0.3 is 10.5 Å². The average Bonchev–Trinajstić information content (AvgIpc) is 2.28. The standard InChI is InChI=1S/C10H9F4N3O3/c11-6-2-1-3-7(17(18)19)8(6)20-4-5(9(15)16)10(12,13)14/h1-3,5H,4H2,(H3,15,16). The summed E-state index contributed by atoms with van der Waals surface area (Å²) < 4.78 is 55.4. The Balaban J connectivity index is 3.00. The summed E-state index contributed by atoms with van der Waals surface area (Å²) in [4.78, 5) is 9.63. The molecule has 0 amide bonds. The Morgan fingerprint density at radius 1 is 1.50 bits per heavy atom. The highest BCUT2D eigenvalue weighted by Gasteiger charge is 2.43. The predicted octanol–water partition coefficient (Wildman–Crippen LogP) is 2.23. The van der Waals surface area contributed by atoms with Gasteiger partial charge in [0.25, 0.3) is 0 Å². The van der Waals surface area contributed by atoms with Crippen LogP contribution in [0.3, 0.4) is 0 Å². The lowest BCUT2D eigenvalue weighted by molar-refractivity contribution is -0.386. The quantitative estimate of drug-likeness (QED) is 0.286. The molecule has 1 unspecified atom stereocenters. The fraction of sp³-hybridized carbons (Fsp3) is 0.300. The second kappa shape index (κ2) is 5.72. The highest BCUT2D eigenvalue weighted by molar-refractivity contribution is 5.80. The minimum Gasteiger partial charge on any atom is -0.484 e. The molecule has 20 heavy (non-hydrogen) atoms. The van der Waals surface area contributed by atoms with E-state index in [0.717, 1.165) is 18.2 Å². The van der Waals surface area contributed by atoms with Gasteiger partial charge in [-0.15, -0.1) is 0 Å². The Morgan fingerprint density at radius 2 is 2.10 bits per heavy atom. The molecule has 0 spiro atoms. The van der Waals surface area contributed by atoms with E-state index >= 15 is 0 Å². The van der Waals surface area contributed by atoms with Crippen LogP contribution in [-0.4, -0.2) is 23.5 Å². The molecule has 0 radical (unpaired) electrons. The van der Waals surface area contributed by atoms with E-state index in [1.807, 2.05) is 0 Å². The summed E-state index contributed by atoms with van der Waals surface area (Å²) in [5.41, 5.74) is 3.97. The molecule has 6 nitrogen and oxygen atoms in total. The fourth-order valence-electron chi connectivity index (χ4n) is 1.31. The van der Waals surface area contributed by atoms with Crippen LogP contribution in [0.2, 0.25) is 0 Å². The first-order chi connectivity index (χ1) is 9.14. The van der Waals surface area contributed by atoms with Gasteiger partial charge in [0.15, 0.2) is 5.82 Å². The third kappa shape index (κ3) is 3.56. The SMILES string of the molecule is N=C(N)C(COc1c(F)cccc1[N+](=O)[O-])C(F)(F)F. The lowest BCUT2D eigenvalue weighted by Gasteiger charge is -2.19. The van der Waals surface area contributed by atoms with Crippen LogP contribution in [0.15, 0.2) is 18.2 Å². The van der Waals surface area contributed by atoms with E-state index < -0.39 is 46.7 Å². The van der Waals surface area contributed by atoms with Gasteiger partial charge in [-0.25, -0.2) is 4.39 Å². The predicted molar refractivity (Wildman–Crippen MR) is 60.0 cm³/mol. The molecule has 0 bridgehead atoms. The van der Waals surface area contributed by atoms with Gasteiger partial charge >= 0.3 is 11.9 Å². The first-order valence-corrected chi connectivity index (χ1v) is 5.11. The number of nitrogens with zero attached hydrogens (tertiary/aromatic N) is 1. The lowest BCUT2D eigenvalue weighted by atomic mass is 10.1. The van der Waals surface area contributed by atoms with E-state index in [4.69, 9.17) is 11.1 Å². The number of nitro groups is 1. The van der Waals surface area contributed by atoms with Gasteiger partial charge in [-0.3, -0.25) is 15.5 Å². The van der Waals surface area contributed by atoms with Crippen molar-refractivity contribution in [3.8, 4) is 5.75 Å². The van der Waals surface area contributed by atoms with E-state index in [-0.39, 0.29) is 0 Å². The molecule has 10 heteroatoms. The van der Waals surface area contributed by atoms with Crippen molar-refractivity contribution in [1.29, 1.82) is 5.41 Å². The van der Waals surface area contributed by atoms with E-state index in [1.54, 1.807) is 0 Å². The number of rotatable bonds is 5. The van der Waals surface area contributed by atoms with Crippen molar-refractivity contribution < 1.29 is 27.2 Å². The van der Waals surface area contributed by atoms with Crippen molar-refractivity contribution in [3.63, 3.8) is 0 Å². The molecule has 1 rings (SSSR count). The molecule has 0 aliphatic carbocycles. The number of para-hydroxylation sites is 1. The minimum atomic E-state index is -4.87. The number of halogens is 4. The highest BCUT2D eigenvalue weighted by atomic mass is 19.4. The molecule has 1 aromatic rings. The summed E-state index contributed by atoms with van der Waals surface area (Å²) >= 11 is 0. The summed E-state index contributed by atoms with van der Waals surface area (Å²) in [6.45, 7) is -1.22. The van der Waals surface area contributed by atoms with Crippen molar-refractivity contribution in [3.05, 3.63) is 34.1 Å². The van der Waals surface area contributed by atoms with Crippen LogP contribution in [0.5, 0.6) is 5.75 Å². The summed E-state index contributed by atoms with van der Waals surface area (Å²) in [6, 6.07) is 2.71. The molecule has 0 saturated heterocycles. The van der Waals surface area contributed by atoms with Gasteiger partial charge in [0.2, 0.25) is 5.75 Å². The molecule has 0 heterocycles. The maximum absolute atomic E-state index is 13.4. The summed E-state index contributed by atoms with van der Waals surface area (Å²) in [5.74, 6) is -5.80. The van der Waals surface area contributed by atoms with Crippen molar-refractivity contribution in [2.75, 3.05) is 6.61 Å². The second-order valence-corrected chi connectivity index (χ2v) is 3.71. The molecular weight excluding hydrogens is 286 g/mol. The molecule has 0 fully saturated rings. The van der Waals surface area contributed by atoms with Crippen LogP contribution >= 0.6 is 0 Å². The number of hydrogen-bond donors (Lipinski definition) is 2. The summed E-state index contributed by atoms with van der Waals surface area (Å²) in [6.07, 6.45) is -4.87. The Hall–Kier alpha value is -2.39. The largest absolute Gasteiger partial charge is 0.484 e. The maximum atomic E-state index is 13.4. The molecular formula is C10H9F4N3O3. The average molecular weight is 295 g/mol. The van der Waals surface area contributed by atoms with E-state index in [2.05, 4.69) is 4.74 Å². The van der Waals surface area contributed by atoms with Crippen LogP contribution in [0, 0.1) is 27.3 Å². The second-order valence-electron chi connectivity index (χ2n) is 3.71. The van der Waals surface area contributed by atoms with Crippen LogP contribution in [0.25, 0.3) is 0 Å². The number of ether oxygens (including phenoxy) is 1. The number of amidine groups is 1. The molecule has 0 saturated carbocycles. The molecule has 3 N–H and O–H groups in total. The Morgan fingerprint density at radius 3 is 2.55 bits per heavy atom. The number of benzene rings is 1. The van der Waals surface area contributed by atoms with E-state index in [9.17, 15) is 27.7 Å². The monoisotopic (exact) mass is 295 g/mol. The third-order valence-electron chi connectivity index (χ3n) is 2.31. The Kier molecular flexibility index (Phi) is 4.48. The zero-order chi connectivity index (χ0) is 15.5. The Labute approximate surface area is 109 Å².